The van der Waals surface area contributed by atoms with Crippen LogP contribution in [0.3, 0.4) is 0 Å². The van der Waals surface area contributed by atoms with Crippen LogP contribution in [0.1, 0.15) is 29.8 Å². The zero-order valence-electron chi connectivity index (χ0n) is 18.3. The summed E-state index contributed by atoms with van der Waals surface area (Å²) in [4.78, 5) is 15.3. The fourth-order valence-electron chi connectivity index (χ4n) is 4.10. The van der Waals surface area contributed by atoms with Crippen LogP contribution in [0.2, 0.25) is 0 Å². The van der Waals surface area contributed by atoms with E-state index in [1.807, 2.05) is 63.2 Å². The molecule has 3 aromatic rings. The number of carbonyl (C=O) groups is 1. The number of ketones is 1. The van der Waals surface area contributed by atoms with E-state index in [4.69, 9.17) is 4.74 Å². The van der Waals surface area contributed by atoms with Crippen molar-refractivity contribution >= 4 is 5.78 Å². The first-order chi connectivity index (χ1) is 14.9. The van der Waals surface area contributed by atoms with Crippen LogP contribution < -0.4 is 0 Å². The zero-order chi connectivity index (χ0) is 22.0. The number of ether oxygens (including phenoxy) is 1. The number of benzene rings is 3. The first-order valence-corrected chi connectivity index (χ1v) is 10.7. The van der Waals surface area contributed by atoms with Gasteiger partial charge in [0.05, 0.1) is 18.8 Å². The molecule has 0 amide bonds. The maximum atomic E-state index is 14.9. The van der Waals surface area contributed by atoms with Gasteiger partial charge in [-0.05, 0) is 43.5 Å². The van der Waals surface area contributed by atoms with E-state index in [9.17, 15) is 9.18 Å². The Morgan fingerprint density at radius 1 is 0.871 bits per heavy atom. The smallest absolute Gasteiger partial charge is 0.182 e. The van der Waals surface area contributed by atoms with Gasteiger partial charge in [0.15, 0.2) is 5.78 Å². The number of nitrogens with zero attached hydrogens (tertiary/aromatic N) is 1. The average Bonchev–Trinajstić information content (AvgIpc) is 2.80. The summed E-state index contributed by atoms with van der Waals surface area (Å²) in [7, 11) is 0. The Labute approximate surface area is 183 Å². The quantitative estimate of drug-likeness (QED) is 0.494. The summed E-state index contributed by atoms with van der Waals surface area (Å²) in [5.74, 6) is -0.207. The highest BCUT2D eigenvalue weighted by Crippen LogP contribution is 2.29. The highest BCUT2D eigenvalue weighted by Gasteiger charge is 2.35. The van der Waals surface area contributed by atoms with E-state index in [1.54, 1.807) is 24.3 Å². The molecular formula is C27H28FNO2. The molecule has 1 aliphatic rings. The van der Waals surface area contributed by atoms with Crippen LogP contribution >= 0.6 is 0 Å². The number of morpholine rings is 1. The molecule has 4 heteroatoms. The number of hydrogen-bond donors (Lipinski definition) is 0. The van der Waals surface area contributed by atoms with Crippen molar-refractivity contribution in [3.8, 4) is 22.3 Å². The van der Waals surface area contributed by atoms with Crippen LogP contribution in [0.25, 0.3) is 22.3 Å². The third-order valence-electron chi connectivity index (χ3n) is 6.17. The maximum absolute atomic E-state index is 14.9. The Hall–Kier alpha value is -2.82. The van der Waals surface area contributed by atoms with Crippen LogP contribution in [0.15, 0.2) is 66.7 Å². The predicted molar refractivity (Wildman–Crippen MR) is 123 cm³/mol. The number of halogens is 1. The number of carbonyl (C=O) groups excluding carboxylic acids is 1. The van der Waals surface area contributed by atoms with Gasteiger partial charge in [-0.15, -0.1) is 0 Å². The van der Waals surface area contributed by atoms with Crippen molar-refractivity contribution in [2.45, 2.75) is 26.3 Å². The molecule has 0 atom stereocenters. The Bertz CT molecular complexity index is 1070. The molecule has 1 heterocycles. The molecule has 31 heavy (non-hydrogen) atoms. The predicted octanol–water partition coefficient (Wildman–Crippen LogP) is 5.76. The summed E-state index contributed by atoms with van der Waals surface area (Å²) < 4.78 is 20.3. The highest BCUT2D eigenvalue weighted by molar-refractivity contribution is 6.03. The van der Waals surface area contributed by atoms with Crippen molar-refractivity contribution in [2.24, 2.45) is 0 Å². The molecule has 3 nitrogen and oxygen atoms in total. The van der Waals surface area contributed by atoms with Crippen LogP contribution in [-0.4, -0.2) is 42.5 Å². The summed E-state index contributed by atoms with van der Waals surface area (Å²) in [6.07, 6.45) is 0. The largest absolute Gasteiger partial charge is 0.379 e. The van der Waals surface area contributed by atoms with Gasteiger partial charge in [-0.2, -0.15) is 0 Å². The molecule has 1 fully saturated rings. The molecule has 0 aromatic heterocycles. The number of Topliss-reactive ketones (excluding diaryl/α,β-unsaturated/α-hetero) is 1. The summed E-state index contributed by atoms with van der Waals surface area (Å²) in [6.45, 7) is 8.73. The molecule has 0 aliphatic carbocycles. The van der Waals surface area contributed by atoms with E-state index in [-0.39, 0.29) is 11.6 Å². The molecule has 1 aliphatic heterocycles. The Balaban J connectivity index is 1.55. The fraction of sp³-hybridized carbons (Fsp3) is 0.296. The minimum atomic E-state index is -0.605. The van der Waals surface area contributed by atoms with E-state index in [2.05, 4.69) is 4.90 Å². The van der Waals surface area contributed by atoms with Crippen LogP contribution in [0.5, 0.6) is 0 Å². The van der Waals surface area contributed by atoms with Crippen LogP contribution in [0, 0.1) is 12.7 Å². The Morgan fingerprint density at radius 2 is 1.45 bits per heavy atom. The highest BCUT2D eigenvalue weighted by atomic mass is 19.1. The third kappa shape index (κ3) is 4.46. The van der Waals surface area contributed by atoms with Gasteiger partial charge in [0.1, 0.15) is 5.82 Å². The molecule has 3 aromatic carbocycles. The minimum Gasteiger partial charge on any atom is -0.379 e. The van der Waals surface area contributed by atoms with Gasteiger partial charge in [-0.1, -0.05) is 66.2 Å². The SMILES string of the molecule is Cc1ccc(-c2ccc(-c3ccc(C(=O)C(C)(C)N4CCOCC4)cc3)c(F)c2)cc1. The monoisotopic (exact) mass is 417 g/mol. The van der Waals surface area contributed by atoms with Gasteiger partial charge in [0.25, 0.3) is 0 Å². The van der Waals surface area contributed by atoms with Crippen molar-refractivity contribution in [1.29, 1.82) is 0 Å². The van der Waals surface area contributed by atoms with Gasteiger partial charge in [-0.25, -0.2) is 4.39 Å². The molecule has 1 saturated heterocycles. The topological polar surface area (TPSA) is 29.5 Å². The van der Waals surface area contributed by atoms with Crippen molar-refractivity contribution in [1.82, 2.24) is 4.90 Å². The van der Waals surface area contributed by atoms with Crippen molar-refractivity contribution < 1.29 is 13.9 Å². The molecular weight excluding hydrogens is 389 g/mol. The Kier molecular flexibility index (Phi) is 6.03. The maximum Gasteiger partial charge on any atom is 0.182 e. The van der Waals surface area contributed by atoms with Gasteiger partial charge < -0.3 is 4.74 Å². The first kappa shape index (κ1) is 21.4. The molecule has 0 unspecified atom stereocenters. The average molecular weight is 418 g/mol. The Morgan fingerprint density at radius 3 is 2.06 bits per heavy atom. The van der Waals surface area contributed by atoms with E-state index in [0.717, 1.165) is 29.8 Å². The van der Waals surface area contributed by atoms with Gasteiger partial charge in [-0.3, -0.25) is 9.69 Å². The lowest BCUT2D eigenvalue weighted by Crippen LogP contribution is -2.54. The molecule has 4 rings (SSSR count). The molecule has 0 bridgehead atoms. The number of aryl methyl sites for hydroxylation is 1. The van der Waals surface area contributed by atoms with Crippen molar-refractivity contribution in [3.05, 3.63) is 83.7 Å². The standard InChI is InChI=1S/C27H28FNO2/c1-19-4-6-20(7-5-19)23-12-13-24(25(28)18-23)21-8-10-22(11-9-21)26(30)27(2,3)29-14-16-31-17-15-29/h4-13,18H,14-17H2,1-3H3. The second-order valence-corrected chi connectivity index (χ2v) is 8.63. The van der Waals surface area contributed by atoms with E-state index in [1.165, 1.54) is 5.56 Å². The molecule has 0 radical (unpaired) electrons. The molecule has 0 saturated carbocycles. The fourth-order valence-corrected chi connectivity index (χ4v) is 4.10. The van der Waals surface area contributed by atoms with Crippen molar-refractivity contribution in [2.75, 3.05) is 26.3 Å². The zero-order valence-corrected chi connectivity index (χ0v) is 18.3. The van der Waals surface area contributed by atoms with Gasteiger partial charge in [0, 0.05) is 24.2 Å². The van der Waals surface area contributed by atoms with Crippen molar-refractivity contribution in [3.63, 3.8) is 0 Å². The lowest BCUT2D eigenvalue weighted by molar-refractivity contribution is -0.00429. The summed E-state index contributed by atoms with van der Waals surface area (Å²) in [5.41, 5.74) is 4.33. The van der Waals surface area contributed by atoms with Gasteiger partial charge in [0.2, 0.25) is 0 Å². The minimum absolute atomic E-state index is 0.0659. The van der Waals surface area contributed by atoms with Crippen LogP contribution in [-0.2, 0) is 4.74 Å². The second kappa shape index (κ2) is 8.74. The summed E-state index contributed by atoms with van der Waals surface area (Å²) in [5, 5.41) is 0. The van der Waals surface area contributed by atoms with E-state index < -0.39 is 5.54 Å². The summed E-state index contributed by atoms with van der Waals surface area (Å²) >= 11 is 0. The third-order valence-corrected chi connectivity index (χ3v) is 6.17. The molecule has 0 spiro atoms. The molecule has 160 valence electrons. The lowest BCUT2D eigenvalue weighted by atomic mass is 9.90. The molecule has 0 N–H and O–H groups in total. The first-order valence-electron chi connectivity index (χ1n) is 10.7. The normalized spacial score (nSPS) is 15.1. The lowest BCUT2D eigenvalue weighted by Gasteiger charge is -2.39. The number of hydrogen-bond acceptors (Lipinski definition) is 3. The van der Waals surface area contributed by atoms with Crippen LogP contribution in [0.4, 0.5) is 4.39 Å². The number of rotatable bonds is 5. The van der Waals surface area contributed by atoms with Gasteiger partial charge >= 0.3 is 0 Å². The second-order valence-electron chi connectivity index (χ2n) is 8.63. The van der Waals surface area contributed by atoms with E-state index >= 15 is 0 Å². The summed E-state index contributed by atoms with van der Waals surface area (Å²) in [6, 6.07) is 20.6. The van der Waals surface area contributed by atoms with E-state index in [0.29, 0.717) is 24.3 Å².